The van der Waals surface area contributed by atoms with Crippen molar-refractivity contribution in [2.75, 3.05) is 5.32 Å². The van der Waals surface area contributed by atoms with Crippen LogP contribution in [0.1, 0.15) is 5.56 Å². The monoisotopic (exact) mass is 217 g/mol. The molecule has 16 heavy (non-hydrogen) atoms. The van der Waals surface area contributed by atoms with Crippen LogP contribution in [0.25, 0.3) is 0 Å². The number of aromatic nitrogens is 3. The number of H-pyrrole nitrogens is 1. The summed E-state index contributed by atoms with van der Waals surface area (Å²) in [5.41, 5.74) is 0.913. The lowest BCUT2D eigenvalue weighted by Crippen LogP contribution is -2.28. The van der Waals surface area contributed by atoms with Crippen LogP contribution in [0, 0.1) is 0 Å². The molecular weight excluding hydrogens is 206 g/mol. The van der Waals surface area contributed by atoms with Crippen LogP contribution in [0.4, 0.5) is 10.6 Å². The van der Waals surface area contributed by atoms with Crippen molar-refractivity contribution in [2.45, 2.75) is 6.54 Å². The molecule has 0 aliphatic rings. The molecule has 0 unspecified atom stereocenters. The zero-order valence-corrected chi connectivity index (χ0v) is 8.47. The zero-order valence-electron chi connectivity index (χ0n) is 8.47. The van der Waals surface area contributed by atoms with E-state index in [2.05, 4.69) is 25.8 Å². The van der Waals surface area contributed by atoms with Gasteiger partial charge in [-0.05, 0) is 12.1 Å². The second kappa shape index (κ2) is 4.92. The van der Waals surface area contributed by atoms with Gasteiger partial charge in [0.1, 0.15) is 5.82 Å². The van der Waals surface area contributed by atoms with Gasteiger partial charge in [0.2, 0.25) is 0 Å². The highest BCUT2D eigenvalue weighted by Gasteiger charge is 2.01. The van der Waals surface area contributed by atoms with E-state index >= 15 is 0 Å². The summed E-state index contributed by atoms with van der Waals surface area (Å²) in [5.74, 6) is 0.521. The maximum Gasteiger partial charge on any atom is 0.320 e. The van der Waals surface area contributed by atoms with Gasteiger partial charge in [0.25, 0.3) is 0 Å². The smallest absolute Gasteiger partial charge is 0.320 e. The average Bonchev–Trinajstić information content (AvgIpc) is 2.81. The van der Waals surface area contributed by atoms with Crippen LogP contribution >= 0.6 is 0 Å². The quantitative estimate of drug-likeness (QED) is 0.720. The number of rotatable bonds is 3. The Labute approximate surface area is 92.1 Å². The molecule has 0 saturated heterocycles. The lowest BCUT2D eigenvalue weighted by Gasteiger charge is -2.05. The van der Waals surface area contributed by atoms with Gasteiger partial charge in [0.15, 0.2) is 0 Å². The topological polar surface area (TPSA) is 82.7 Å². The average molecular weight is 217 g/mol. The van der Waals surface area contributed by atoms with E-state index in [9.17, 15) is 4.79 Å². The van der Waals surface area contributed by atoms with Crippen molar-refractivity contribution in [1.82, 2.24) is 20.5 Å². The molecule has 0 fully saturated rings. The Morgan fingerprint density at radius 2 is 2.38 bits per heavy atom. The molecule has 0 aliphatic carbocycles. The summed E-state index contributed by atoms with van der Waals surface area (Å²) >= 11 is 0. The minimum absolute atomic E-state index is 0.292. The molecule has 6 nitrogen and oxygen atoms in total. The Kier molecular flexibility index (Phi) is 3.12. The molecule has 82 valence electrons. The lowest BCUT2D eigenvalue weighted by molar-refractivity contribution is 0.251. The molecule has 2 heterocycles. The van der Waals surface area contributed by atoms with Crippen LogP contribution < -0.4 is 10.6 Å². The summed E-state index contributed by atoms with van der Waals surface area (Å²) in [6.45, 7) is 0.426. The highest BCUT2D eigenvalue weighted by Crippen LogP contribution is 1.99. The number of carbonyl (C=O) groups excluding carboxylic acids is 1. The first-order valence-corrected chi connectivity index (χ1v) is 4.78. The first kappa shape index (κ1) is 10.2. The van der Waals surface area contributed by atoms with Crippen molar-refractivity contribution < 1.29 is 4.79 Å². The van der Waals surface area contributed by atoms with Crippen LogP contribution in [0.3, 0.4) is 0 Å². The number of aromatic amines is 1. The number of urea groups is 1. The maximum atomic E-state index is 11.4. The molecule has 0 atom stereocenters. The minimum Gasteiger partial charge on any atom is -0.334 e. The van der Waals surface area contributed by atoms with E-state index in [-0.39, 0.29) is 6.03 Å². The van der Waals surface area contributed by atoms with E-state index in [1.54, 1.807) is 36.8 Å². The Hall–Kier alpha value is -2.37. The fourth-order valence-corrected chi connectivity index (χ4v) is 1.15. The third-order valence-electron chi connectivity index (χ3n) is 1.91. The van der Waals surface area contributed by atoms with Gasteiger partial charge >= 0.3 is 6.03 Å². The molecule has 2 rings (SSSR count). The Morgan fingerprint density at radius 3 is 3.06 bits per heavy atom. The van der Waals surface area contributed by atoms with Gasteiger partial charge in [-0.25, -0.2) is 9.78 Å². The molecule has 2 aromatic rings. The fraction of sp³-hybridized carbons (Fsp3) is 0.100. The zero-order chi connectivity index (χ0) is 11.2. The number of amides is 2. The van der Waals surface area contributed by atoms with Crippen molar-refractivity contribution in [3.8, 4) is 0 Å². The van der Waals surface area contributed by atoms with Crippen molar-refractivity contribution in [3.63, 3.8) is 0 Å². The van der Waals surface area contributed by atoms with Crippen LogP contribution in [0.5, 0.6) is 0 Å². The van der Waals surface area contributed by atoms with E-state index < -0.39 is 0 Å². The fourth-order valence-electron chi connectivity index (χ4n) is 1.15. The number of hydrogen-bond donors (Lipinski definition) is 3. The highest BCUT2D eigenvalue weighted by atomic mass is 16.2. The summed E-state index contributed by atoms with van der Waals surface area (Å²) in [6.07, 6.45) is 4.99. The summed E-state index contributed by atoms with van der Waals surface area (Å²) in [5, 5.41) is 11.7. The van der Waals surface area contributed by atoms with Crippen LogP contribution in [0.15, 0.2) is 36.8 Å². The summed E-state index contributed by atoms with van der Waals surface area (Å²) in [4.78, 5) is 15.4. The first-order chi connectivity index (χ1) is 7.84. The second-order valence-electron chi connectivity index (χ2n) is 3.13. The summed E-state index contributed by atoms with van der Waals surface area (Å²) < 4.78 is 0. The van der Waals surface area contributed by atoms with E-state index in [0.717, 1.165) is 5.56 Å². The SMILES string of the molecule is O=C(NCc1cn[nH]c1)Nc1ccccn1. The number of hydrogen-bond acceptors (Lipinski definition) is 3. The molecule has 3 N–H and O–H groups in total. The largest absolute Gasteiger partial charge is 0.334 e. The molecule has 0 radical (unpaired) electrons. The Morgan fingerprint density at radius 1 is 1.44 bits per heavy atom. The van der Waals surface area contributed by atoms with E-state index in [4.69, 9.17) is 0 Å². The Bertz CT molecular complexity index is 439. The van der Waals surface area contributed by atoms with E-state index in [1.165, 1.54) is 0 Å². The van der Waals surface area contributed by atoms with Crippen LogP contribution in [-0.4, -0.2) is 21.2 Å². The molecule has 6 heteroatoms. The van der Waals surface area contributed by atoms with Gasteiger partial charge in [0, 0.05) is 24.5 Å². The molecule has 0 aromatic carbocycles. The molecule has 0 aliphatic heterocycles. The number of nitrogens with one attached hydrogen (secondary N) is 3. The van der Waals surface area contributed by atoms with E-state index in [1.807, 2.05) is 0 Å². The summed E-state index contributed by atoms with van der Waals surface area (Å²) in [7, 11) is 0. The van der Waals surface area contributed by atoms with Crippen molar-refractivity contribution in [1.29, 1.82) is 0 Å². The predicted molar refractivity (Wildman–Crippen MR) is 58.7 cm³/mol. The third-order valence-corrected chi connectivity index (χ3v) is 1.91. The number of pyridine rings is 1. The van der Waals surface area contributed by atoms with Gasteiger partial charge in [-0.1, -0.05) is 6.07 Å². The molecule has 2 amide bonds. The molecule has 0 saturated carbocycles. The molecule has 2 aromatic heterocycles. The maximum absolute atomic E-state index is 11.4. The normalized spacial score (nSPS) is 9.75. The van der Waals surface area contributed by atoms with Crippen LogP contribution in [0.2, 0.25) is 0 Å². The number of carbonyl (C=O) groups is 1. The van der Waals surface area contributed by atoms with Gasteiger partial charge in [-0.2, -0.15) is 5.10 Å². The lowest BCUT2D eigenvalue weighted by atomic mass is 10.4. The standard InChI is InChI=1S/C10H11N5O/c16-10(12-5-8-6-13-14-7-8)15-9-3-1-2-4-11-9/h1-4,6-7H,5H2,(H,13,14)(H2,11,12,15,16). The Balaban J connectivity index is 1.81. The van der Waals surface area contributed by atoms with Gasteiger partial charge in [-0.3, -0.25) is 10.4 Å². The summed E-state index contributed by atoms with van der Waals surface area (Å²) in [6, 6.07) is 5.02. The molecule has 0 spiro atoms. The number of nitrogens with zero attached hydrogens (tertiary/aromatic N) is 2. The highest BCUT2D eigenvalue weighted by molar-refractivity contribution is 5.88. The van der Waals surface area contributed by atoms with Crippen molar-refractivity contribution in [3.05, 3.63) is 42.4 Å². The van der Waals surface area contributed by atoms with Gasteiger partial charge < -0.3 is 5.32 Å². The second-order valence-corrected chi connectivity index (χ2v) is 3.13. The van der Waals surface area contributed by atoms with Gasteiger partial charge in [-0.15, -0.1) is 0 Å². The van der Waals surface area contributed by atoms with Crippen molar-refractivity contribution in [2.24, 2.45) is 0 Å². The minimum atomic E-state index is -0.292. The first-order valence-electron chi connectivity index (χ1n) is 4.78. The van der Waals surface area contributed by atoms with Gasteiger partial charge in [0.05, 0.1) is 6.20 Å². The van der Waals surface area contributed by atoms with E-state index in [0.29, 0.717) is 12.4 Å². The third kappa shape index (κ3) is 2.81. The van der Waals surface area contributed by atoms with Crippen LogP contribution in [-0.2, 0) is 6.54 Å². The molecule has 0 bridgehead atoms. The molecular formula is C10H11N5O. The predicted octanol–water partition coefficient (Wildman–Crippen LogP) is 1.13. The van der Waals surface area contributed by atoms with Crippen molar-refractivity contribution >= 4 is 11.8 Å². The number of anilines is 1.